The van der Waals surface area contributed by atoms with E-state index in [4.69, 9.17) is 0 Å². The predicted molar refractivity (Wildman–Crippen MR) is 71.8 cm³/mol. The number of urea groups is 1. The number of hydrogen-bond donors (Lipinski definition) is 3. The van der Waals surface area contributed by atoms with E-state index >= 15 is 0 Å². The van der Waals surface area contributed by atoms with E-state index in [-0.39, 0.29) is 0 Å². The molecule has 122 valence electrons. The van der Waals surface area contributed by atoms with Gasteiger partial charge >= 0.3 is 12.2 Å². The van der Waals surface area contributed by atoms with Crippen molar-refractivity contribution in [2.45, 2.75) is 44.0 Å². The van der Waals surface area contributed by atoms with Crippen LogP contribution in [0.15, 0.2) is 18.2 Å². The van der Waals surface area contributed by atoms with Crippen molar-refractivity contribution in [3.63, 3.8) is 0 Å². The van der Waals surface area contributed by atoms with E-state index < -0.39 is 41.4 Å². The molecule has 1 aliphatic carbocycles. The molecule has 2 amide bonds. The number of rotatable bonds is 2. The first kappa shape index (κ1) is 16.5. The second-order valence-electron chi connectivity index (χ2n) is 5.24. The van der Waals surface area contributed by atoms with Gasteiger partial charge in [-0.15, -0.1) is 0 Å². The van der Waals surface area contributed by atoms with E-state index in [1.807, 2.05) is 0 Å². The lowest BCUT2D eigenvalue weighted by Crippen LogP contribution is -2.46. The third kappa shape index (κ3) is 4.09. The summed E-state index contributed by atoms with van der Waals surface area (Å²) in [6.45, 7) is 0. The van der Waals surface area contributed by atoms with Crippen molar-refractivity contribution in [2.24, 2.45) is 0 Å². The van der Waals surface area contributed by atoms with Crippen LogP contribution in [0.2, 0.25) is 0 Å². The highest BCUT2D eigenvalue weighted by atomic mass is 19.4. The summed E-state index contributed by atoms with van der Waals surface area (Å²) in [5, 5.41) is 14.2. The van der Waals surface area contributed by atoms with Crippen LogP contribution >= 0.6 is 0 Å². The molecule has 1 aliphatic rings. The minimum atomic E-state index is -4.78. The lowest BCUT2D eigenvalue weighted by Gasteiger charge is -2.28. The third-order valence-electron chi connectivity index (χ3n) is 3.58. The van der Waals surface area contributed by atoms with Gasteiger partial charge < -0.3 is 15.7 Å². The molecule has 1 aromatic carbocycles. The summed E-state index contributed by atoms with van der Waals surface area (Å²) in [7, 11) is 0. The quantitative estimate of drug-likeness (QED) is 0.733. The number of hydrogen-bond acceptors (Lipinski definition) is 2. The lowest BCUT2D eigenvalue weighted by atomic mass is 9.93. The maximum atomic E-state index is 13.0. The molecule has 0 bridgehead atoms. The molecule has 0 aromatic heterocycles. The summed E-state index contributed by atoms with van der Waals surface area (Å²) in [4.78, 5) is 11.8. The monoisotopic (exact) mass is 320 g/mol. The average molecular weight is 320 g/mol. The van der Waals surface area contributed by atoms with E-state index in [2.05, 4.69) is 10.6 Å². The van der Waals surface area contributed by atoms with Gasteiger partial charge in [-0.3, -0.25) is 0 Å². The van der Waals surface area contributed by atoms with E-state index in [9.17, 15) is 27.5 Å². The van der Waals surface area contributed by atoms with E-state index in [0.717, 1.165) is 25.0 Å². The van der Waals surface area contributed by atoms with Gasteiger partial charge in [0.05, 0.1) is 23.4 Å². The van der Waals surface area contributed by atoms with Crippen LogP contribution in [-0.4, -0.2) is 23.3 Å². The highest BCUT2D eigenvalue weighted by Gasteiger charge is 2.34. The number of alkyl halides is 3. The molecule has 1 saturated carbocycles. The molecule has 1 aromatic rings. The Bertz CT molecular complexity index is 548. The van der Waals surface area contributed by atoms with Gasteiger partial charge in [-0.05, 0) is 31.0 Å². The van der Waals surface area contributed by atoms with Gasteiger partial charge in [-0.1, -0.05) is 12.8 Å². The average Bonchev–Trinajstić information content (AvgIpc) is 2.42. The number of benzene rings is 1. The molecule has 0 radical (unpaired) electrons. The SMILES string of the molecule is O=C(Nc1ccc(F)cc1C(F)(F)F)NC1CCCCC1O. The van der Waals surface area contributed by atoms with Gasteiger partial charge in [0, 0.05) is 0 Å². The Labute approximate surface area is 124 Å². The Hall–Kier alpha value is -1.83. The molecule has 22 heavy (non-hydrogen) atoms. The number of nitrogens with one attached hydrogen (secondary N) is 2. The van der Waals surface area contributed by atoms with Crippen LogP contribution in [0.25, 0.3) is 0 Å². The highest BCUT2D eigenvalue weighted by molar-refractivity contribution is 5.90. The number of carbonyl (C=O) groups excluding carboxylic acids is 1. The fraction of sp³-hybridized carbons (Fsp3) is 0.500. The van der Waals surface area contributed by atoms with Crippen molar-refractivity contribution in [2.75, 3.05) is 5.32 Å². The number of aliphatic hydroxyl groups is 1. The van der Waals surface area contributed by atoms with Gasteiger partial charge in [-0.25, -0.2) is 9.18 Å². The number of carbonyl (C=O) groups is 1. The summed E-state index contributed by atoms with van der Waals surface area (Å²) in [5.41, 5.74) is -1.79. The minimum absolute atomic E-state index is 0.324. The summed E-state index contributed by atoms with van der Waals surface area (Å²) in [6.07, 6.45) is -2.73. The van der Waals surface area contributed by atoms with Crippen molar-refractivity contribution in [1.82, 2.24) is 5.32 Å². The minimum Gasteiger partial charge on any atom is -0.391 e. The second-order valence-corrected chi connectivity index (χ2v) is 5.24. The van der Waals surface area contributed by atoms with Crippen LogP contribution in [0.5, 0.6) is 0 Å². The van der Waals surface area contributed by atoms with Gasteiger partial charge in [0.15, 0.2) is 0 Å². The van der Waals surface area contributed by atoms with Crippen molar-refractivity contribution in [3.05, 3.63) is 29.6 Å². The van der Waals surface area contributed by atoms with Crippen molar-refractivity contribution in [3.8, 4) is 0 Å². The number of anilines is 1. The molecule has 8 heteroatoms. The van der Waals surface area contributed by atoms with Crippen molar-refractivity contribution >= 4 is 11.7 Å². The zero-order valence-electron chi connectivity index (χ0n) is 11.6. The fourth-order valence-corrected chi connectivity index (χ4v) is 2.47. The standard InChI is InChI=1S/C14H16F4N2O2/c15-8-5-6-10(9(7-8)14(16,17)18)19-13(22)20-11-3-1-2-4-12(11)21/h5-7,11-12,21H,1-4H2,(H2,19,20,22). The molecule has 0 saturated heterocycles. The topological polar surface area (TPSA) is 61.4 Å². The molecular weight excluding hydrogens is 304 g/mol. The Morgan fingerprint density at radius 3 is 2.55 bits per heavy atom. The van der Waals surface area contributed by atoms with Crippen molar-refractivity contribution < 1.29 is 27.5 Å². The Morgan fingerprint density at radius 1 is 1.23 bits per heavy atom. The van der Waals surface area contributed by atoms with Gasteiger partial charge in [0.1, 0.15) is 5.82 Å². The molecule has 1 fully saturated rings. The smallest absolute Gasteiger partial charge is 0.391 e. The molecule has 2 unspecified atom stereocenters. The first-order valence-corrected chi connectivity index (χ1v) is 6.89. The molecule has 0 aliphatic heterocycles. The van der Waals surface area contributed by atoms with Crippen LogP contribution in [-0.2, 0) is 6.18 Å². The molecule has 0 heterocycles. The Balaban J connectivity index is 2.08. The summed E-state index contributed by atoms with van der Waals surface area (Å²) in [5.74, 6) is -1.04. The third-order valence-corrected chi connectivity index (χ3v) is 3.58. The first-order valence-electron chi connectivity index (χ1n) is 6.89. The van der Waals surface area contributed by atoms with E-state index in [1.165, 1.54) is 0 Å². The van der Waals surface area contributed by atoms with Crippen molar-refractivity contribution in [1.29, 1.82) is 0 Å². The number of aliphatic hydroxyl groups excluding tert-OH is 1. The van der Waals surface area contributed by atoms with Gasteiger partial charge in [-0.2, -0.15) is 13.2 Å². The lowest BCUT2D eigenvalue weighted by molar-refractivity contribution is -0.137. The maximum absolute atomic E-state index is 13.0. The molecule has 2 rings (SSSR count). The highest BCUT2D eigenvalue weighted by Crippen LogP contribution is 2.35. The number of amides is 2. The maximum Gasteiger partial charge on any atom is 0.418 e. The zero-order valence-corrected chi connectivity index (χ0v) is 11.6. The van der Waals surface area contributed by atoms with Crippen LogP contribution in [0, 0.1) is 5.82 Å². The molecule has 2 atom stereocenters. The van der Waals surface area contributed by atoms with E-state index in [1.54, 1.807) is 0 Å². The van der Waals surface area contributed by atoms with E-state index in [0.29, 0.717) is 18.9 Å². The fourth-order valence-electron chi connectivity index (χ4n) is 2.47. The van der Waals surface area contributed by atoms with Crippen LogP contribution in [0.4, 0.5) is 28.0 Å². The predicted octanol–water partition coefficient (Wildman–Crippen LogP) is 3.27. The van der Waals surface area contributed by atoms with Gasteiger partial charge in [0.25, 0.3) is 0 Å². The molecule has 3 N–H and O–H groups in total. The molecule has 0 spiro atoms. The van der Waals surface area contributed by atoms with Gasteiger partial charge in [0.2, 0.25) is 0 Å². The summed E-state index contributed by atoms with van der Waals surface area (Å²) in [6, 6.07) is 0.659. The Kier molecular flexibility index (Phi) is 4.90. The van der Waals surface area contributed by atoms with Crippen LogP contribution in [0.3, 0.4) is 0 Å². The normalized spacial score (nSPS) is 22.2. The number of halogens is 4. The van der Waals surface area contributed by atoms with Crippen LogP contribution < -0.4 is 10.6 Å². The molecular formula is C14H16F4N2O2. The Morgan fingerprint density at radius 2 is 1.91 bits per heavy atom. The molecule has 4 nitrogen and oxygen atoms in total. The summed E-state index contributed by atoms with van der Waals surface area (Å²) < 4.78 is 51.4. The largest absolute Gasteiger partial charge is 0.418 e. The van der Waals surface area contributed by atoms with Crippen LogP contribution in [0.1, 0.15) is 31.2 Å². The first-order chi connectivity index (χ1) is 10.3. The second kappa shape index (κ2) is 6.51. The zero-order chi connectivity index (χ0) is 16.3. The summed E-state index contributed by atoms with van der Waals surface area (Å²) >= 11 is 0.